The van der Waals surface area contributed by atoms with E-state index in [2.05, 4.69) is 10.6 Å². The van der Waals surface area contributed by atoms with Crippen LogP contribution < -0.4 is 15.4 Å². The third kappa shape index (κ3) is 4.31. The molecular formula is C19H16ClN3O2S. The molecule has 5 nitrogen and oxygen atoms in total. The lowest BCUT2D eigenvalue weighted by molar-refractivity contribution is -0.116. The topological polar surface area (TPSA) is 74.2 Å². The molecule has 0 aliphatic carbocycles. The van der Waals surface area contributed by atoms with Crippen molar-refractivity contribution in [3.05, 3.63) is 63.5 Å². The summed E-state index contributed by atoms with van der Waals surface area (Å²) in [5, 5.41) is 15.5. The van der Waals surface area contributed by atoms with Gasteiger partial charge in [-0.05, 0) is 42.8 Å². The van der Waals surface area contributed by atoms with Crippen LogP contribution in [0.15, 0.2) is 47.4 Å². The van der Waals surface area contributed by atoms with E-state index in [-0.39, 0.29) is 18.0 Å². The zero-order chi connectivity index (χ0) is 18.5. The molecule has 2 aromatic rings. The van der Waals surface area contributed by atoms with E-state index in [1.165, 1.54) is 11.8 Å². The normalized spacial score (nSPS) is 17.7. The molecule has 7 heteroatoms. The lowest BCUT2D eigenvalue weighted by Crippen LogP contribution is -2.31. The highest BCUT2D eigenvalue weighted by Crippen LogP contribution is 2.33. The van der Waals surface area contributed by atoms with Gasteiger partial charge in [-0.1, -0.05) is 41.6 Å². The second-order valence-electron chi connectivity index (χ2n) is 5.57. The van der Waals surface area contributed by atoms with Crippen molar-refractivity contribution >= 4 is 41.0 Å². The second kappa shape index (κ2) is 8.17. The molecule has 0 radical (unpaired) electrons. The van der Waals surface area contributed by atoms with Gasteiger partial charge < -0.3 is 15.4 Å². The fraction of sp³-hybridized carbons (Fsp3) is 0.158. The zero-order valence-electron chi connectivity index (χ0n) is 14.0. The Morgan fingerprint density at radius 1 is 1.38 bits per heavy atom. The standard InChI is InChI=1S/C19H16ClN3O2S/c1-12-10-14(20)6-7-15(12)22-19-23-18(24)17(26-19)11-13-4-2-3-5-16(13)25-9-8-21/h2-7,10-11,19,22H,9H2,1H3,(H,23,24)/b17-11-. The van der Waals surface area contributed by atoms with Gasteiger partial charge >= 0.3 is 0 Å². The lowest BCUT2D eigenvalue weighted by Gasteiger charge is -2.15. The molecule has 2 aromatic carbocycles. The Hall–Kier alpha value is -2.62. The van der Waals surface area contributed by atoms with Crippen LogP contribution in [0.25, 0.3) is 6.08 Å². The van der Waals surface area contributed by atoms with Gasteiger partial charge in [0.2, 0.25) is 0 Å². The summed E-state index contributed by atoms with van der Waals surface area (Å²) in [6.07, 6.45) is 1.77. The molecule has 1 heterocycles. The number of rotatable bonds is 5. The summed E-state index contributed by atoms with van der Waals surface area (Å²) < 4.78 is 5.41. The first-order valence-electron chi connectivity index (χ1n) is 7.87. The number of para-hydroxylation sites is 1. The molecule has 2 N–H and O–H groups in total. The molecule has 1 atom stereocenters. The number of ether oxygens (including phenoxy) is 1. The Morgan fingerprint density at radius 2 is 2.19 bits per heavy atom. The molecule has 0 spiro atoms. The quantitative estimate of drug-likeness (QED) is 0.756. The molecule has 1 unspecified atom stereocenters. The van der Waals surface area contributed by atoms with E-state index in [1.54, 1.807) is 18.2 Å². The Balaban J connectivity index is 1.76. The maximum absolute atomic E-state index is 12.3. The molecule has 0 bridgehead atoms. The lowest BCUT2D eigenvalue weighted by atomic mass is 10.2. The van der Waals surface area contributed by atoms with Crippen molar-refractivity contribution in [2.45, 2.75) is 12.4 Å². The molecule has 3 rings (SSSR count). The Labute approximate surface area is 161 Å². The minimum Gasteiger partial charge on any atom is -0.478 e. The Morgan fingerprint density at radius 3 is 2.96 bits per heavy atom. The first-order chi connectivity index (χ1) is 12.6. The molecule has 0 aromatic heterocycles. The number of benzene rings is 2. The largest absolute Gasteiger partial charge is 0.478 e. The molecule has 132 valence electrons. The monoisotopic (exact) mass is 385 g/mol. The predicted molar refractivity (Wildman–Crippen MR) is 105 cm³/mol. The fourth-order valence-electron chi connectivity index (χ4n) is 2.48. The van der Waals surface area contributed by atoms with Crippen LogP contribution in [0, 0.1) is 18.3 Å². The van der Waals surface area contributed by atoms with Crippen molar-refractivity contribution in [3.63, 3.8) is 0 Å². The maximum Gasteiger partial charge on any atom is 0.260 e. The predicted octanol–water partition coefficient (Wildman–Crippen LogP) is 4.15. The highest BCUT2D eigenvalue weighted by molar-refractivity contribution is 8.05. The van der Waals surface area contributed by atoms with Gasteiger partial charge in [-0.25, -0.2) is 0 Å². The average molecular weight is 386 g/mol. The van der Waals surface area contributed by atoms with Gasteiger partial charge in [0, 0.05) is 16.3 Å². The fourth-order valence-corrected chi connectivity index (χ4v) is 3.67. The van der Waals surface area contributed by atoms with E-state index < -0.39 is 0 Å². The van der Waals surface area contributed by atoms with E-state index >= 15 is 0 Å². The molecule has 1 aliphatic rings. The van der Waals surface area contributed by atoms with Crippen LogP contribution in [0.3, 0.4) is 0 Å². The first kappa shape index (κ1) is 18.2. The highest BCUT2D eigenvalue weighted by atomic mass is 35.5. The summed E-state index contributed by atoms with van der Waals surface area (Å²) in [4.78, 5) is 12.9. The number of hydrogen-bond acceptors (Lipinski definition) is 5. The van der Waals surface area contributed by atoms with E-state index in [0.717, 1.165) is 16.8 Å². The van der Waals surface area contributed by atoms with Gasteiger partial charge in [0.25, 0.3) is 5.91 Å². The summed E-state index contributed by atoms with van der Waals surface area (Å²) >= 11 is 7.37. The Kier molecular flexibility index (Phi) is 5.71. The SMILES string of the molecule is Cc1cc(Cl)ccc1NC1NC(=O)/C(=C/c2ccccc2OCC#N)S1. The van der Waals surface area contributed by atoms with Crippen LogP contribution in [-0.2, 0) is 4.79 Å². The van der Waals surface area contributed by atoms with Gasteiger partial charge in [-0.3, -0.25) is 4.79 Å². The number of thioether (sulfide) groups is 1. The van der Waals surface area contributed by atoms with Crippen molar-refractivity contribution in [2.24, 2.45) is 0 Å². The second-order valence-corrected chi connectivity index (χ2v) is 7.15. The third-order valence-corrected chi connectivity index (χ3v) is 4.97. The number of carbonyl (C=O) groups excluding carboxylic acids is 1. The molecule has 1 saturated heterocycles. The minimum absolute atomic E-state index is 0.0421. The van der Waals surface area contributed by atoms with Crippen molar-refractivity contribution in [1.82, 2.24) is 5.32 Å². The van der Waals surface area contributed by atoms with E-state index in [4.69, 9.17) is 21.6 Å². The van der Waals surface area contributed by atoms with Crippen molar-refractivity contribution in [3.8, 4) is 11.8 Å². The van der Waals surface area contributed by atoms with Gasteiger partial charge in [0.1, 0.15) is 11.8 Å². The van der Waals surface area contributed by atoms with Gasteiger partial charge in [0.05, 0.1) is 4.91 Å². The number of anilines is 1. The summed E-state index contributed by atoms with van der Waals surface area (Å²) in [5.41, 5.74) is 2.38. The van der Waals surface area contributed by atoms with Crippen molar-refractivity contribution < 1.29 is 9.53 Å². The molecule has 0 saturated carbocycles. The number of nitriles is 1. The molecule has 1 fully saturated rings. The number of nitrogens with zero attached hydrogens (tertiary/aromatic N) is 1. The summed E-state index contributed by atoms with van der Waals surface area (Å²) in [7, 11) is 0. The zero-order valence-corrected chi connectivity index (χ0v) is 15.5. The number of nitrogens with one attached hydrogen (secondary N) is 2. The highest BCUT2D eigenvalue weighted by Gasteiger charge is 2.27. The van der Waals surface area contributed by atoms with Crippen LogP contribution in [0.4, 0.5) is 5.69 Å². The smallest absolute Gasteiger partial charge is 0.260 e. The number of aryl methyl sites for hydroxylation is 1. The third-order valence-electron chi connectivity index (χ3n) is 3.70. The number of amides is 1. The van der Waals surface area contributed by atoms with Crippen LogP contribution in [-0.4, -0.2) is 18.0 Å². The van der Waals surface area contributed by atoms with Gasteiger partial charge in [-0.15, -0.1) is 0 Å². The van der Waals surface area contributed by atoms with Crippen molar-refractivity contribution in [1.29, 1.82) is 5.26 Å². The van der Waals surface area contributed by atoms with Crippen LogP contribution >= 0.6 is 23.4 Å². The Bertz CT molecular complexity index is 908. The van der Waals surface area contributed by atoms with Gasteiger partial charge in [0.15, 0.2) is 12.1 Å². The number of hydrogen-bond donors (Lipinski definition) is 2. The summed E-state index contributed by atoms with van der Waals surface area (Å²) in [5.74, 6) is 0.411. The molecule has 1 aliphatic heterocycles. The first-order valence-corrected chi connectivity index (χ1v) is 9.13. The van der Waals surface area contributed by atoms with E-state index in [1.807, 2.05) is 43.3 Å². The van der Waals surface area contributed by atoms with E-state index in [0.29, 0.717) is 15.7 Å². The van der Waals surface area contributed by atoms with Crippen LogP contribution in [0.5, 0.6) is 5.75 Å². The molecule has 1 amide bonds. The van der Waals surface area contributed by atoms with Crippen LogP contribution in [0.1, 0.15) is 11.1 Å². The van der Waals surface area contributed by atoms with Crippen molar-refractivity contribution in [2.75, 3.05) is 11.9 Å². The average Bonchev–Trinajstić information content (AvgIpc) is 2.96. The number of carbonyl (C=O) groups is 1. The summed E-state index contributed by atoms with van der Waals surface area (Å²) in [6.45, 7) is 1.91. The number of halogens is 1. The summed E-state index contributed by atoms with van der Waals surface area (Å²) in [6, 6.07) is 14.8. The van der Waals surface area contributed by atoms with Crippen LogP contribution in [0.2, 0.25) is 5.02 Å². The molecule has 26 heavy (non-hydrogen) atoms. The van der Waals surface area contributed by atoms with Gasteiger partial charge in [-0.2, -0.15) is 5.26 Å². The van der Waals surface area contributed by atoms with E-state index in [9.17, 15) is 4.79 Å². The maximum atomic E-state index is 12.3. The molecular weight excluding hydrogens is 370 g/mol. The minimum atomic E-state index is -0.277.